The van der Waals surface area contributed by atoms with E-state index < -0.39 is 0 Å². The number of fused-ring (bicyclic) bond motifs is 2. The third kappa shape index (κ3) is 3.14. The van der Waals surface area contributed by atoms with E-state index in [0.717, 1.165) is 48.2 Å². The SMILES string of the molecule is CCCN1CCC(N2CCn3nc(-c4nc5ccccc5n4C)cc3C2)CC1. The van der Waals surface area contributed by atoms with Crippen molar-refractivity contribution in [1.29, 1.82) is 0 Å². The minimum absolute atomic E-state index is 0.718. The molecule has 6 heteroatoms. The molecule has 0 spiro atoms. The standard InChI is InChI=1S/C22H30N6/c1-3-10-26-11-8-17(9-12-26)27-13-14-28-18(16-27)15-20(24-28)22-23-19-6-4-5-7-21(19)25(22)2/h4-7,15,17H,3,8-14,16H2,1-2H3. The molecule has 1 saturated heterocycles. The summed E-state index contributed by atoms with van der Waals surface area (Å²) in [5.41, 5.74) is 4.51. The second-order valence-electron chi connectivity index (χ2n) is 8.27. The van der Waals surface area contributed by atoms with Crippen LogP contribution in [-0.4, -0.2) is 61.4 Å². The van der Waals surface area contributed by atoms with Crippen LogP contribution in [-0.2, 0) is 20.1 Å². The Morgan fingerprint density at radius 3 is 2.68 bits per heavy atom. The number of rotatable bonds is 4. The maximum atomic E-state index is 4.89. The maximum absolute atomic E-state index is 4.89. The summed E-state index contributed by atoms with van der Waals surface area (Å²) in [6.45, 7) is 9.12. The van der Waals surface area contributed by atoms with Gasteiger partial charge in [0.2, 0.25) is 0 Å². The molecule has 3 aromatic rings. The van der Waals surface area contributed by atoms with Crippen molar-refractivity contribution in [2.75, 3.05) is 26.2 Å². The molecule has 2 aliphatic heterocycles. The lowest BCUT2D eigenvalue weighted by Gasteiger charge is -2.40. The first-order valence-corrected chi connectivity index (χ1v) is 10.7. The van der Waals surface area contributed by atoms with E-state index in [1.54, 1.807) is 0 Å². The normalized spacial score (nSPS) is 19.4. The summed E-state index contributed by atoms with van der Waals surface area (Å²) < 4.78 is 4.35. The molecule has 0 bridgehead atoms. The van der Waals surface area contributed by atoms with Gasteiger partial charge in [0, 0.05) is 26.2 Å². The molecule has 1 aromatic carbocycles. The molecule has 0 radical (unpaired) electrons. The summed E-state index contributed by atoms with van der Waals surface area (Å²) in [6, 6.07) is 11.3. The molecule has 148 valence electrons. The number of benzene rings is 1. The highest BCUT2D eigenvalue weighted by Crippen LogP contribution is 2.27. The van der Waals surface area contributed by atoms with Crippen LogP contribution in [0.4, 0.5) is 0 Å². The Kier molecular flexibility index (Phi) is 4.69. The van der Waals surface area contributed by atoms with Crippen LogP contribution in [0.25, 0.3) is 22.6 Å². The predicted octanol–water partition coefficient (Wildman–Crippen LogP) is 3.13. The third-order valence-corrected chi connectivity index (χ3v) is 6.46. The molecular formula is C22H30N6. The first-order valence-electron chi connectivity index (χ1n) is 10.7. The highest BCUT2D eigenvalue weighted by Gasteiger charge is 2.28. The van der Waals surface area contributed by atoms with E-state index in [1.807, 2.05) is 6.07 Å². The van der Waals surface area contributed by atoms with Gasteiger partial charge in [-0.1, -0.05) is 19.1 Å². The van der Waals surface area contributed by atoms with Gasteiger partial charge in [-0.3, -0.25) is 9.58 Å². The van der Waals surface area contributed by atoms with Crippen LogP contribution in [0.1, 0.15) is 31.9 Å². The summed E-state index contributed by atoms with van der Waals surface area (Å²) in [5.74, 6) is 0.961. The highest BCUT2D eigenvalue weighted by atomic mass is 15.4. The molecule has 2 aromatic heterocycles. The van der Waals surface area contributed by atoms with E-state index in [2.05, 4.69) is 57.3 Å². The second-order valence-corrected chi connectivity index (χ2v) is 8.27. The Morgan fingerprint density at radius 2 is 1.89 bits per heavy atom. The van der Waals surface area contributed by atoms with Gasteiger partial charge >= 0.3 is 0 Å². The number of piperidine rings is 1. The molecule has 0 saturated carbocycles. The van der Waals surface area contributed by atoms with Crippen molar-refractivity contribution in [3.8, 4) is 11.5 Å². The number of aromatic nitrogens is 4. The average Bonchev–Trinajstić information content (AvgIpc) is 3.29. The Morgan fingerprint density at radius 1 is 1.07 bits per heavy atom. The number of aryl methyl sites for hydroxylation is 1. The fraction of sp³-hybridized carbons (Fsp3) is 0.545. The summed E-state index contributed by atoms with van der Waals surface area (Å²) in [5, 5.41) is 4.89. The van der Waals surface area contributed by atoms with Gasteiger partial charge in [-0.25, -0.2) is 4.98 Å². The zero-order valence-electron chi connectivity index (χ0n) is 17.0. The van der Waals surface area contributed by atoms with Crippen LogP contribution >= 0.6 is 0 Å². The van der Waals surface area contributed by atoms with Crippen LogP contribution in [0, 0.1) is 0 Å². The van der Waals surface area contributed by atoms with Crippen LogP contribution < -0.4 is 0 Å². The van der Waals surface area contributed by atoms with Crippen molar-refractivity contribution in [3.63, 3.8) is 0 Å². The van der Waals surface area contributed by atoms with E-state index in [0.29, 0.717) is 0 Å². The van der Waals surface area contributed by atoms with Gasteiger partial charge in [0.25, 0.3) is 0 Å². The van der Waals surface area contributed by atoms with E-state index in [4.69, 9.17) is 10.1 Å². The quantitative estimate of drug-likeness (QED) is 0.700. The van der Waals surface area contributed by atoms with Crippen molar-refractivity contribution in [3.05, 3.63) is 36.0 Å². The zero-order valence-corrected chi connectivity index (χ0v) is 17.0. The second kappa shape index (κ2) is 7.33. The number of hydrogen-bond donors (Lipinski definition) is 0. The smallest absolute Gasteiger partial charge is 0.161 e. The summed E-state index contributed by atoms with van der Waals surface area (Å²) >= 11 is 0. The van der Waals surface area contributed by atoms with Gasteiger partial charge in [-0.2, -0.15) is 5.10 Å². The van der Waals surface area contributed by atoms with Crippen LogP contribution in [0.2, 0.25) is 0 Å². The highest BCUT2D eigenvalue weighted by molar-refractivity contribution is 5.79. The molecule has 1 fully saturated rings. The Bertz CT molecular complexity index is 963. The van der Waals surface area contributed by atoms with E-state index in [-0.39, 0.29) is 0 Å². The van der Waals surface area contributed by atoms with Crippen molar-refractivity contribution < 1.29 is 0 Å². The molecule has 0 aliphatic carbocycles. The lowest BCUT2D eigenvalue weighted by atomic mass is 10.0. The van der Waals surface area contributed by atoms with Gasteiger partial charge in [0.15, 0.2) is 5.82 Å². The number of hydrogen-bond acceptors (Lipinski definition) is 4. The van der Waals surface area contributed by atoms with E-state index >= 15 is 0 Å². The molecule has 0 amide bonds. The van der Waals surface area contributed by atoms with E-state index in [1.165, 1.54) is 44.6 Å². The van der Waals surface area contributed by atoms with Gasteiger partial charge < -0.3 is 9.47 Å². The Labute approximate surface area is 166 Å². The molecule has 0 N–H and O–H groups in total. The van der Waals surface area contributed by atoms with Gasteiger partial charge in [0.1, 0.15) is 5.69 Å². The number of imidazole rings is 1. The minimum atomic E-state index is 0.718. The summed E-state index contributed by atoms with van der Waals surface area (Å²) in [7, 11) is 2.08. The molecule has 0 atom stereocenters. The summed E-state index contributed by atoms with van der Waals surface area (Å²) in [6.07, 6.45) is 3.86. The molecule has 0 unspecified atom stereocenters. The first-order chi connectivity index (χ1) is 13.7. The molecular weight excluding hydrogens is 348 g/mol. The third-order valence-electron chi connectivity index (χ3n) is 6.46. The van der Waals surface area contributed by atoms with Crippen molar-refractivity contribution in [1.82, 2.24) is 29.1 Å². The monoisotopic (exact) mass is 378 g/mol. The lowest BCUT2D eigenvalue weighted by molar-refractivity contribution is 0.0850. The summed E-state index contributed by atoms with van der Waals surface area (Å²) in [4.78, 5) is 10.1. The molecule has 2 aliphatic rings. The maximum Gasteiger partial charge on any atom is 0.161 e. The predicted molar refractivity (Wildman–Crippen MR) is 112 cm³/mol. The van der Waals surface area contributed by atoms with Crippen molar-refractivity contribution in [2.45, 2.75) is 45.3 Å². The van der Waals surface area contributed by atoms with Crippen molar-refractivity contribution >= 4 is 11.0 Å². The van der Waals surface area contributed by atoms with Gasteiger partial charge in [-0.15, -0.1) is 0 Å². The molecule has 28 heavy (non-hydrogen) atoms. The fourth-order valence-electron chi connectivity index (χ4n) is 4.91. The zero-order chi connectivity index (χ0) is 19.1. The van der Waals surface area contributed by atoms with Crippen LogP contribution in [0.5, 0.6) is 0 Å². The van der Waals surface area contributed by atoms with E-state index in [9.17, 15) is 0 Å². The number of likely N-dealkylation sites (tertiary alicyclic amines) is 1. The van der Waals surface area contributed by atoms with Crippen molar-refractivity contribution in [2.24, 2.45) is 7.05 Å². The largest absolute Gasteiger partial charge is 0.326 e. The molecule has 4 heterocycles. The minimum Gasteiger partial charge on any atom is -0.326 e. The lowest BCUT2D eigenvalue weighted by Crippen LogP contribution is -2.47. The topological polar surface area (TPSA) is 42.1 Å². The van der Waals surface area contributed by atoms with Gasteiger partial charge in [-0.05, 0) is 57.1 Å². The van der Waals surface area contributed by atoms with Gasteiger partial charge in [0.05, 0.1) is 23.3 Å². The molecule has 5 rings (SSSR count). The van der Waals surface area contributed by atoms with Crippen LogP contribution in [0.15, 0.2) is 30.3 Å². The fourth-order valence-corrected chi connectivity index (χ4v) is 4.91. The number of nitrogens with zero attached hydrogens (tertiary/aromatic N) is 6. The Hall–Kier alpha value is -2.18. The van der Waals surface area contributed by atoms with Crippen LogP contribution in [0.3, 0.4) is 0 Å². The average molecular weight is 379 g/mol. The first kappa shape index (κ1) is 17.9. The Balaban J connectivity index is 1.34. The number of para-hydroxylation sites is 2. The molecule has 6 nitrogen and oxygen atoms in total.